The normalized spacial score (nSPS) is 23.9. The van der Waals surface area contributed by atoms with E-state index >= 15 is 0 Å². The molecule has 0 radical (unpaired) electrons. The predicted octanol–water partition coefficient (Wildman–Crippen LogP) is 3.55. The number of amides is 3. The fourth-order valence-electron chi connectivity index (χ4n) is 5.49. The number of ether oxygens (including phenoxy) is 1. The van der Waals surface area contributed by atoms with Crippen molar-refractivity contribution >= 4 is 35.0 Å². The van der Waals surface area contributed by atoms with Gasteiger partial charge in [-0.25, -0.2) is 0 Å². The molecule has 0 bridgehead atoms. The number of carbonyl (C=O) groups is 3. The Bertz CT molecular complexity index is 1260. The molecule has 0 saturated carbocycles. The molecule has 0 aromatic heterocycles. The van der Waals surface area contributed by atoms with Crippen molar-refractivity contribution in [3.8, 4) is 18.1 Å². The summed E-state index contributed by atoms with van der Waals surface area (Å²) < 4.78 is 6.44. The van der Waals surface area contributed by atoms with Gasteiger partial charge in [-0.15, -0.1) is 6.42 Å². The molecule has 2 fully saturated rings. The van der Waals surface area contributed by atoms with Gasteiger partial charge < -0.3 is 20.3 Å². The number of nitrogens with zero attached hydrogens (tertiary/aromatic N) is 1. The van der Waals surface area contributed by atoms with Crippen molar-refractivity contribution in [2.75, 3.05) is 18.4 Å². The van der Waals surface area contributed by atoms with Gasteiger partial charge in [-0.3, -0.25) is 14.4 Å². The first-order chi connectivity index (χ1) is 16.8. The van der Waals surface area contributed by atoms with Gasteiger partial charge in [0.2, 0.25) is 17.7 Å². The van der Waals surface area contributed by atoms with E-state index in [9.17, 15) is 14.4 Å². The molecule has 8 heteroatoms. The number of rotatable bonds is 3. The summed E-state index contributed by atoms with van der Waals surface area (Å²) in [4.78, 5) is 39.7. The van der Waals surface area contributed by atoms with E-state index in [0.717, 1.165) is 5.56 Å². The van der Waals surface area contributed by atoms with Crippen LogP contribution in [0.2, 0.25) is 5.02 Å². The molecule has 35 heavy (non-hydrogen) atoms. The average molecular weight is 492 g/mol. The first-order valence-corrected chi connectivity index (χ1v) is 12.1. The van der Waals surface area contributed by atoms with Crippen molar-refractivity contribution in [1.82, 2.24) is 10.2 Å². The topological polar surface area (TPSA) is 87.7 Å². The average Bonchev–Trinajstić information content (AvgIpc) is 3.11. The van der Waals surface area contributed by atoms with Gasteiger partial charge >= 0.3 is 0 Å². The Morgan fingerprint density at radius 3 is 2.69 bits per heavy atom. The third kappa shape index (κ3) is 4.02. The standard InChI is InChI=1S/C27H26ClN3O4/c1-3-17-4-7-23(35-19-9-12-31(13-10-19)16(2)32)20(14-17)25-27(11-8-24(33)30-25)21-6-5-18(28)15-22(21)29-26(27)34/h1,4-7,14-15,19,25H,8-13H2,2H3,(H,29,34)(H,30,33)/t25-,27-/m1/s1. The van der Waals surface area contributed by atoms with E-state index in [4.69, 9.17) is 22.8 Å². The van der Waals surface area contributed by atoms with E-state index in [1.54, 1.807) is 25.1 Å². The van der Waals surface area contributed by atoms with E-state index in [1.165, 1.54) is 0 Å². The molecular formula is C27H26ClN3O4. The van der Waals surface area contributed by atoms with E-state index in [2.05, 4.69) is 16.6 Å². The lowest BCUT2D eigenvalue weighted by Crippen LogP contribution is -2.52. The van der Waals surface area contributed by atoms with Gasteiger partial charge in [0.25, 0.3) is 0 Å². The Morgan fingerprint density at radius 2 is 1.97 bits per heavy atom. The summed E-state index contributed by atoms with van der Waals surface area (Å²) in [6.45, 7) is 2.82. The minimum absolute atomic E-state index is 0.0559. The summed E-state index contributed by atoms with van der Waals surface area (Å²) >= 11 is 6.19. The molecule has 2 aromatic carbocycles. The van der Waals surface area contributed by atoms with E-state index < -0.39 is 11.5 Å². The van der Waals surface area contributed by atoms with Crippen LogP contribution in [-0.2, 0) is 19.8 Å². The third-order valence-electron chi connectivity index (χ3n) is 7.33. The van der Waals surface area contributed by atoms with Crippen LogP contribution in [0.3, 0.4) is 0 Å². The van der Waals surface area contributed by atoms with Crippen LogP contribution in [0.4, 0.5) is 5.69 Å². The van der Waals surface area contributed by atoms with Crippen LogP contribution in [0.25, 0.3) is 0 Å². The Kier molecular flexibility index (Phi) is 5.94. The first kappa shape index (κ1) is 23.3. The van der Waals surface area contributed by atoms with Crippen LogP contribution in [0, 0.1) is 12.3 Å². The summed E-state index contributed by atoms with van der Waals surface area (Å²) in [6, 6.07) is 10.1. The smallest absolute Gasteiger partial charge is 0.237 e. The van der Waals surface area contributed by atoms with E-state index in [1.807, 2.05) is 23.1 Å². The van der Waals surface area contributed by atoms with Crippen LogP contribution >= 0.6 is 11.6 Å². The fourth-order valence-corrected chi connectivity index (χ4v) is 5.67. The molecule has 3 heterocycles. The number of anilines is 1. The largest absolute Gasteiger partial charge is 0.490 e. The van der Waals surface area contributed by atoms with Crippen molar-refractivity contribution in [3.05, 3.63) is 58.1 Å². The summed E-state index contributed by atoms with van der Waals surface area (Å²) in [5.41, 5.74) is 1.72. The van der Waals surface area contributed by atoms with Crippen LogP contribution in [0.1, 0.15) is 55.3 Å². The molecule has 2 N–H and O–H groups in total. The molecule has 180 valence electrons. The molecule has 3 aliphatic heterocycles. The number of hydrogen-bond donors (Lipinski definition) is 2. The van der Waals surface area contributed by atoms with E-state index in [0.29, 0.717) is 59.9 Å². The number of halogens is 1. The number of fused-ring (bicyclic) bond motifs is 2. The zero-order chi connectivity index (χ0) is 24.7. The lowest BCUT2D eigenvalue weighted by atomic mass is 9.67. The Balaban J connectivity index is 1.56. The van der Waals surface area contributed by atoms with Crippen LogP contribution in [0.15, 0.2) is 36.4 Å². The van der Waals surface area contributed by atoms with Crippen molar-refractivity contribution in [2.45, 2.75) is 50.2 Å². The zero-order valence-corrected chi connectivity index (χ0v) is 20.2. The van der Waals surface area contributed by atoms with Gasteiger partial charge in [0.05, 0.1) is 6.04 Å². The van der Waals surface area contributed by atoms with Gasteiger partial charge in [0.15, 0.2) is 0 Å². The molecule has 2 saturated heterocycles. The Labute approximate surface area is 209 Å². The Morgan fingerprint density at radius 1 is 1.20 bits per heavy atom. The highest BCUT2D eigenvalue weighted by Crippen LogP contribution is 2.52. The molecular weight excluding hydrogens is 466 g/mol. The summed E-state index contributed by atoms with van der Waals surface area (Å²) in [5.74, 6) is 2.96. The van der Waals surface area contributed by atoms with Crippen molar-refractivity contribution < 1.29 is 19.1 Å². The third-order valence-corrected chi connectivity index (χ3v) is 7.56. The number of hydrogen-bond acceptors (Lipinski definition) is 4. The molecule has 3 aliphatic rings. The zero-order valence-electron chi connectivity index (χ0n) is 19.4. The molecule has 0 aliphatic carbocycles. The summed E-state index contributed by atoms with van der Waals surface area (Å²) in [7, 11) is 0. The van der Waals surface area contributed by atoms with Gasteiger partial charge in [0.1, 0.15) is 17.3 Å². The minimum Gasteiger partial charge on any atom is -0.490 e. The van der Waals surface area contributed by atoms with Crippen molar-refractivity contribution in [1.29, 1.82) is 0 Å². The number of carbonyl (C=O) groups excluding carboxylic acids is 3. The second kappa shape index (κ2) is 8.94. The lowest BCUT2D eigenvalue weighted by Gasteiger charge is -2.41. The van der Waals surface area contributed by atoms with Gasteiger partial charge in [0, 0.05) is 61.1 Å². The molecule has 3 amide bonds. The number of likely N-dealkylation sites (tertiary alicyclic amines) is 1. The van der Waals surface area contributed by atoms with Crippen LogP contribution < -0.4 is 15.4 Å². The second-order valence-electron chi connectivity index (χ2n) is 9.34. The summed E-state index contributed by atoms with van der Waals surface area (Å²) in [5, 5.41) is 6.55. The van der Waals surface area contributed by atoms with Gasteiger partial charge in [-0.2, -0.15) is 0 Å². The molecule has 0 unspecified atom stereocenters. The number of benzene rings is 2. The number of nitrogens with one attached hydrogen (secondary N) is 2. The maximum absolute atomic E-state index is 13.5. The quantitative estimate of drug-likeness (QED) is 0.643. The monoisotopic (exact) mass is 491 g/mol. The lowest BCUT2D eigenvalue weighted by molar-refractivity contribution is -0.131. The highest BCUT2D eigenvalue weighted by Gasteiger charge is 2.56. The SMILES string of the molecule is C#Cc1ccc(OC2CCN(C(C)=O)CC2)c([C@H]2NC(=O)CC[C@]23C(=O)Nc2cc(Cl)ccc23)c1. The minimum atomic E-state index is -1.02. The molecule has 1 spiro atoms. The van der Waals surface area contributed by atoms with Crippen molar-refractivity contribution in [3.63, 3.8) is 0 Å². The maximum Gasteiger partial charge on any atom is 0.237 e. The van der Waals surface area contributed by atoms with Gasteiger partial charge in [-0.1, -0.05) is 23.6 Å². The van der Waals surface area contributed by atoms with Crippen LogP contribution in [-0.4, -0.2) is 41.8 Å². The molecule has 7 nitrogen and oxygen atoms in total. The Hall–Kier alpha value is -3.50. The molecule has 2 atom stereocenters. The van der Waals surface area contributed by atoms with E-state index in [-0.39, 0.29) is 30.2 Å². The van der Waals surface area contributed by atoms with Crippen molar-refractivity contribution in [2.24, 2.45) is 0 Å². The molecule has 2 aromatic rings. The summed E-state index contributed by atoms with van der Waals surface area (Å²) in [6.07, 6.45) is 7.57. The van der Waals surface area contributed by atoms with Crippen LogP contribution in [0.5, 0.6) is 5.75 Å². The first-order valence-electron chi connectivity index (χ1n) is 11.8. The fraction of sp³-hybridized carbons (Fsp3) is 0.370. The van der Waals surface area contributed by atoms with Gasteiger partial charge in [-0.05, 0) is 42.3 Å². The number of piperidine rings is 2. The highest BCUT2D eigenvalue weighted by atomic mass is 35.5. The predicted molar refractivity (Wildman–Crippen MR) is 132 cm³/mol. The maximum atomic E-state index is 13.5. The second-order valence-corrected chi connectivity index (χ2v) is 9.77. The number of terminal acetylenes is 1. The highest BCUT2D eigenvalue weighted by molar-refractivity contribution is 6.31. The molecule has 5 rings (SSSR count).